The summed E-state index contributed by atoms with van der Waals surface area (Å²) in [5.41, 5.74) is 21.8. The molecule has 7 aromatic carbocycles. The summed E-state index contributed by atoms with van der Waals surface area (Å²) < 4.78 is 2.39. The number of nitrogens with two attached hydrogens (primary N) is 1. The van der Waals surface area contributed by atoms with Crippen LogP contribution in [0.1, 0.15) is 48.4 Å². The first kappa shape index (κ1) is 36.7. The van der Waals surface area contributed by atoms with Crippen LogP contribution in [0.4, 0.5) is 17.1 Å². The van der Waals surface area contributed by atoms with Crippen LogP contribution in [0.15, 0.2) is 187 Å². The molecule has 0 spiro atoms. The standard InChI is InChI=1S/C54H48N4/c1-36(2)45-22-12-14-25-50(45)57(4)49-30-28-40(32-37(49)3)41-26-29-47-52(35-41)58(51-31-27-39-18-9-11-23-46(39)53(47)51)44-21-15-20-43(34-44)54(55)56-48-24-13-10-19-42(48)33-38-16-7-5-6-8-17-38/h5-7,9-32,34-36H,8,33H2,1-4H3,(H2,55,56). The van der Waals surface area contributed by atoms with E-state index in [9.17, 15) is 0 Å². The Labute approximate surface area is 341 Å². The molecule has 0 radical (unpaired) electrons. The lowest BCUT2D eigenvalue weighted by atomic mass is 9.98. The van der Waals surface area contributed by atoms with Crippen molar-refractivity contribution in [2.24, 2.45) is 10.7 Å². The Morgan fingerprint density at radius 1 is 0.724 bits per heavy atom. The van der Waals surface area contributed by atoms with Crippen LogP contribution in [0, 0.1) is 6.92 Å². The van der Waals surface area contributed by atoms with E-state index in [1.165, 1.54) is 60.7 Å². The van der Waals surface area contributed by atoms with Crippen molar-refractivity contribution in [3.05, 3.63) is 204 Å². The van der Waals surface area contributed by atoms with Crippen molar-refractivity contribution in [1.82, 2.24) is 4.57 Å². The number of hydrogen-bond acceptors (Lipinski definition) is 2. The third-order valence-electron chi connectivity index (χ3n) is 11.6. The summed E-state index contributed by atoms with van der Waals surface area (Å²) in [5.74, 6) is 0.925. The molecule has 0 aliphatic heterocycles. The third-order valence-corrected chi connectivity index (χ3v) is 11.6. The highest BCUT2D eigenvalue weighted by atomic mass is 15.1. The number of aryl methyl sites for hydroxylation is 1. The Bertz CT molecular complexity index is 2970. The van der Waals surface area contributed by atoms with E-state index < -0.39 is 0 Å². The summed E-state index contributed by atoms with van der Waals surface area (Å²) in [6.07, 6.45) is 12.6. The van der Waals surface area contributed by atoms with Gasteiger partial charge in [-0.05, 0) is 118 Å². The maximum Gasteiger partial charge on any atom is 0.131 e. The van der Waals surface area contributed by atoms with Crippen molar-refractivity contribution in [2.75, 3.05) is 11.9 Å². The van der Waals surface area contributed by atoms with Gasteiger partial charge in [0.25, 0.3) is 0 Å². The Balaban J connectivity index is 1.14. The molecule has 284 valence electrons. The van der Waals surface area contributed by atoms with Gasteiger partial charge in [-0.1, -0.05) is 141 Å². The first-order valence-electron chi connectivity index (χ1n) is 20.3. The highest BCUT2D eigenvalue weighted by Crippen LogP contribution is 2.40. The van der Waals surface area contributed by atoms with Crippen molar-refractivity contribution in [3.8, 4) is 16.8 Å². The van der Waals surface area contributed by atoms with Gasteiger partial charge in [0.05, 0.1) is 16.7 Å². The number of nitrogens with zero attached hydrogens (tertiary/aromatic N) is 3. The summed E-state index contributed by atoms with van der Waals surface area (Å²) in [6.45, 7) is 6.73. The van der Waals surface area contributed by atoms with Gasteiger partial charge >= 0.3 is 0 Å². The maximum atomic E-state index is 6.88. The van der Waals surface area contributed by atoms with Gasteiger partial charge in [0.2, 0.25) is 0 Å². The minimum atomic E-state index is 0.435. The number of fused-ring (bicyclic) bond motifs is 5. The van der Waals surface area contributed by atoms with E-state index in [0.29, 0.717) is 11.8 Å². The van der Waals surface area contributed by atoms with Crippen molar-refractivity contribution in [2.45, 2.75) is 39.5 Å². The highest BCUT2D eigenvalue weighted by molar-refractivity contribution is 6.21. The average molecular weight is 753 g/mol. The highest BCUT2D eigenvalue weighted by Gasteiger charge is 2.18. The van der Waals surface area contributed by atoms with Gasteiger partial charge in [0, 0.05) is 40.4 Å². The van der Waals surface area contributed by atoms with Crippen molar-refractivity contribution < 1.29 is 0 Å². The minimum Gasteiger partial charge on any atom is -0.383 e. The summed E-state index contributed by atoms with van der Waals surface area (Å²) in [7, 11) is 2.17. The van der Waals surface area contributed by atoms with Gasteiger partial charge in [-0.2, -0.15) is 0 Å². The number of anilines is 2. The van der Waals surface area contributed by atoms with E-state index in [4.69, 9.17) is 10.7 Å². The number of benzene rings is 7. The van der Waals surface area contributed by atoms with E-state index in [1.54, 1.807) is 0 Å². The van der Waals surface area contributed by atoms with E-state index >= 15 is 0 Å². The second kappa shape index (κ2) is 15.6. The van der Waals surface area contributed by atoms with Crippen LogP contribution in [-0.4, -0.2) is 17.5 Å². The zero-order valence-corrected chi connectivity index (χ0v) is 33.7. The number of rotatable bonds is 9. The number of aliphatic imine (C=N–C) groups is 1. The zero-order chi connectivity index (χ0) is 39.8. The summed E-state index contributed by atoms with van der Waals surface area (Å²) in [4.78, 5) is 7.36. The molecule has 1 aliphatic carbocycles. The van der Waals surface area contributed by atoms with Gasteiger partial charge in [0.1, 0.15) is 5.84 Å². The number of allylic oxidation sites excluding steroid dienone is 6. The molecule has 0 saturated carbocycles. The second-order valence-corrected chi connectivity index (χ2v) is 15.7. The number of aromatic nitrogens is 1. The zero-order valence-electron chi connectivity index (χ0n) is 33.7. The normalized spacial score (nSPS) is 13.1. The van der Waals surface area contributed by atoms with Gasteiger partial charge in [-0.25, -0.2) is 4.99 Å². The molecule has 1 aliphatic rings. The Morgan fingerprint density at radius 3 is 2.40 bits per heavy atom. The Hall–Kier alpha value is -6.91. The van der Waals surface area contributed by atoms with Crippen LogP contribution in [0.2, 0.25) is 0 Å². The van der Waals surface area contributed by atoms with E-state index in [2.05, 4.69) is 207 Å². The van der Waals surface area contributed by atoms with E-state index in [-0.39, 0.29) is 0 Å². The maximum absolute atomic E-state index is 6.88. The van der Waals surface area contributed by atoms with Gasteiger partial charge < -0.3 is 15.2 Å². The molecule has 0 saturated heterocycles. The quantitative estimate of drug-likeness (QED) is 0.118. The molecule has 0 amide bonds. The summed E-state index contributed by atoms with van der Waals surface area (Å²) >= 11 is 0. The molecule has 58 heavy (non-hydrogen) atoms. The summed E-state index contributed by atoms with van der Waals surface area (Å²) in [5, 5.41) is 4.92. The Morgan fingerprint density at radius 2 is 1.52 bits per heavy atom. The van der Waals surface area contributed by atoms with Crippen LogP contribution in [0.5, 0.6) is 0 Å². The molecular formula is C54H48N4. The molecule has 8 aromatic rings. The van der Waals surface area contributed by atoms with E-state index in [1.807, 2.05) is 6.07 Å². The molecule has 2 N–H and O–H groups in total. The Kier molecular flexibility index (Phi) is 9.85. The average Bonchev–Trinajstić information content (AvgIpc) is 3.36. The van der Waals surface area contributed by atoms with Crippen molar-refractivity contribution >= 4 is 55.5 Å². The first-order chi connectivity index (χ1) is 28.3. The van der Waals surface area contributed by atoms with Gasteiger partial charge in [0.15, 0.2) is 0 Å². The molecule has 1 heterocycles. The fourth-order valence-electron chi connectivity index (χ4n) is 8.61. The SMILES string of the molecule is Cc1cc(-c2ccc3c4c5ccccc5ccc4n(-c4cccc(C(N)=Nc5ccccc5CC5=CCC=CC=C5)c4)c3c2)ccc1N(C)c1ccccc1C(C)C. The van der Waals surface area contributed by atoms with Gasteiger partial charge in [-0.15, -0.1) is 0 Å². The topological polar surface area (TPSA) is 46.6 Å². The molecule has 9 rings (SSSR count). The number of para-hydroxylation sites is 2. The van der Waals surface area contributed by atoms with Crippen LogP contribution < -0.4 is 10.6 Å². The number of hydrogen-bond donors (Lipinski definition) is 1. The molecule has 0 unspecified atom stereocenters. The van der Waals surface area contributed by atoms with Crippen molar-refractivity contribution in [1.29, 1.82) is 0 Å². The van der Waals surface area contributed by atoms with Crippen LogP contribution >= 0.6 is 0 Å². The molecule has 4 nitrogen and oxygen atoms in total. The van der Waals surface area contributed by atoms with Crippen LogP contribution in [-0.2, 0) is 6.42 Å². The number of amidine groups is 1. The minimum absolute atomic E-state index is 0.435. The van der Waals surface area contributed by atoms with Crippen LogP contribution in [0.3, 0.4) is 0 Å². The predicted molar refractivity (Wildman–Crippen MR) is 249 cm³/mol. The van der Waals surface area contributed by atoms with Gasteiger partial charge in [-0.3, -0.25) is 0 Å². The molecule has 0 fully saturated rings. The van der Waals surface area contributed by atoms with Crippen LogP contribution in [0.25, 0.3) is 49.4 Å². The monoisotopic (exact) mass is 752 g/mol. The largest absolute Gasteiger partial charge is 0.383 e. The fraction of sp³-hybridized carbons (Fsp3) is 0.130. The molecule has 0 atom stereocenters. The lowest BCUT2D eigenvalue weighted by Crippen LogP contribution is -2.13. The molecule has 4 heteroatoms. The molecule has 0 bridgehead atoms. The molecular weight excluding hydrogens is 705 g/mol. The fourth-order valence-corrected chi connectivity index (χ4v) is 8.61. The lowest BCUT2D eigenvalue weighted by molar-refractivity contribution is 0.862. The van der Waals surface area contributed by atoms with Crippen molar-refractivity contribution in [3.63, 3.8) is 0 Å². The van der Waals surface area contributed by atoms with E-state index in [0.717, 1.165) is 46.4 Å². The second-order valence-electron chi connectivity index (χ2n) is 15.7. The lowest BCUT2D eigenvalue weighted by Gasteiger charge is -2.26. The first-order valence-corrected chi connectivity index (χ1v) is 20.3. The third kappa shape index (κ3) is 6.92. The smallest absolute Gasteiger partial charge is 0.131 e. The molecule has 1 aromatic heterocycles. The predicted octanol–water partition coefficient (Wildman–Crippen LogP) is 13.8. The summed E-state index contributed by atoms with van der Waals surface area (Å²) in [6, 6.07) is 52.5.